The Labute approximate surface area is 195 Å². The van der Waals surface area contributed by atoms with E-state index in [1.54, 1.807) is 13.2 Å². The van der Waals surface area contributed by atoms with Crippen LogP contribution in [-0.2, 0) is 10.0 Å². The highest BCUT2D eigenvalue weighted by molar-refractivity contribution is 7.89. The molecule has 2 aromatic carbocycles. The summed E-state index contributed by atoms with van der Waals surface area (Å²) in [6.07, 6.45) is 3.92. The van der Waals surface area contributed by atoms with Gasteiger partial charge in [-0.15, -0.1) is 0 Å². The molecule has 1 saturated carbocycles. The van der Waals surface area contributed by atoms with Crippen LogP contribution in [0.4, 0.5) is 0 Å². The van der Waals surface area contributed by atoms with Gasteiger partial charge in [0.25, 0.3) is 5.91 Å². The lowest BCUT2D eigenvalue weighted by Crippen LogP contribution is -2.37. The second kappa shape index (κ2) is 10.1. The summed E-state index contributed by atoms with van der Waals surface area (Å²) in [5.74, 6) is 0.681. The minimum atomic E-state index is -3.76. The number of carbonyl (C=O) groups excluding carboxylic acids is 1. The number of benzene rings is 2. The van der Waals surface area contributed by atoms with Crippen LogP contribution in [0.15, 0.2) is 47.4 Å². The van der Waals surface area contributed by atoms with E-state index in [1.807, 2.05) is 24.3 Å². The molecule has 33 heavy (non-hydrogen) atoms. The molecule has 1 unspecified atom stereocenters. The Hall–Kier alpha value is -2.62. The fourth-order valence-electron chi connectivity index (χ4n) is 4.14. The summed E-state index contributed by atoms with van der Waals surface area (Å²) in [5, 5.41) is 3.00. The third-order valence-corrected chi connectivity index (χ3v) is 7.69. The molecular weight excluding hydrogens is 442 g/mol. The first-order valence-corrected chi connectivity index (χ1v) is 12.8. The molecule has 8 nitrogen and oxygen atoms in total. The van der Waals surface area contributed by atoms with Gasteiger partial charge in [-0.25, -0.2) is 13.1 Å². The van der Waals surface area contributed by atoms with Crippen molar-refractivity contribution in [2.75, 3.05) is 33.9 Å². The SMILES string of the molecule is COc1ccc(C(CNC(=O)c2ccc(OC)c(S(=O)(=O)NC3CC3)c2)N2CCCC2)cc1. The van der Waals surface area contributed by atoms with E-state index in [0.717, 1.165) is 50.1 Å². The first-order chi connectivity index (χ1) is 15.9. The zero-order valence-corrected chi connectivity index (χ0v) is 19.9. The molecule has 1 amide bonds. The normalized spacial score (nSPS) is 17.5. The van der Waals surface area contributed by atoms with E-state index in [0.29, 0.717) is 6.54 Å². The molecule has 9 heteroatoms. The van der Waals surface area contributed by atoms with Crippen molar-refractivity contribution in [2.24, 2.45) is 0 Å². The maximum Gasteiger partial charge on any atom is 0.251 e. The molecule has 1 aliphatic heterocycles. The zero-order chi connectivity index (χ0) is 23.4. The van der Waals surface area contributed by atoms with Crippen LogP contribution in [0.3, 0.4) is 0 Å². The van der Waals surface area contributed by atoms with E-state index in [1.165, 1.54) is 19.2 Å². The second-order valence-corrected chi connectivity index (χ2v) is 10.2. The molecule has 1 aliphatic carbocycles. The summed E-state index contributed by atoms with van der Waals surface area (Å²) in [7, 11) is -0.712. The molecule has 0 aromatic heterocycles. The number of hydrogen-bond donors (Lipinski definition) is 2. The van der Waals surface area contributed by atoms with E-state index in [2.05, 4.69) is 14.9 Å². The Bertz CT molecular complexity index is 1080. The number of methoxy groups -OCH3 is 2. The maximum atomic E-state index is 13.0. The molecule has 4 rings (SSSR count). The Morgan fingerprint density at radius 3 is 2.36 bits per heavy atom. The molecule has 2 fully saturated rings. The minimum absolute atomic E-state index is 0.0178. The van der Waals surface area contributed by atoms with E-state index in [-0.39, 0.29) is 34.2 Å². The quantitative estimate of drug-likeness (QED) is 0.551. The third-order valence-electron chi connectivity index (χ3n) is 6.15. The molecule has 0 bridgehead atoms. The lowest BCUT2D eigenvalue weighted by Gasteiger charge is -2.28. The van der Waals surface area contributed by atoms with E-state index in [9.17, 15) is 13.2 Å². The van der Waals surface area contributed by atoms with Crippen molar-refractivity contribution in [3.05, 3.63) is 53.6 Å². The van der Waals surface area contributed by atoms with Gasteiger partial charge in [0.05, 0.1) is 20.3 Å². The number of nitrogens with one attached hydrogen (secondary N) is 2. The van der Waals surface area contributed by atoms with Crippen molar-refractivity contribution in [1.82, 2.24) is 14.9 Å². The molecule has 178 valence electrons. The van der Waals surface area contributed by atoms with Gasteiger partial charge in [-0.05, 0) is 74.7 Å². The van der Waals surface area contributed by atoms with Crippen LogP contribution in [0.2, 0.25) is 0 Å². The highest BCUT2D eigenvalue weighted by atomic mass is 32.2. The van der Waals surface area contributed by atoms with Crippen molar-refractivity contribution in [2.45, 2.75) is 42.7 Å². The van der Waals surface area contributed by atoms with Gasteiger partial charge in [-0.1, -0.05) is 12.1 Å². The van der Waals surface area contributed by atoms with Crippen LogP contribution in [0.5, 0.6) is 11.5 Å². The number of likely N-dealkylation sites (tertiary alicyclic amines) is 1. The fraction of sp³-hybridized carbons (Fsp3) is 0.458. The fourth-order valence-corrected chi connectivity index (χ4v) is 5.64. The Kier molecular flexibility index (Phi) is 7.21. The van der Waals surface area contributed by atoms with Crippen molar-refractivity contribution in [3.63, 3.8) is 0 Å². The van der Waals surface area contributed by atoms with Crippen LogP contribution < -0.4 is 19.5 Å². The first-order valence-electron chi connectivity index (χ1n) is 11.3. The predicted octanol–water partition coefficient (Wildman–Crippen LogP) is 2.71. The highest BCUT2D eigenvalue weighted by Gasteiger charge is 2.30. The smallest absolute Gasteiger partial charge is 0.251 e. The summed E-state index contributed by atoms with van der Waals surface area (Å²) >= 11 is 0. The molecule has 2 aromatic rings. The monoisotopic (exact) mass is 473 g/mol. The van der Waals surface area contributed by atoms with Gasteiger partial charge in [0.1, 0.15) is 16.4 Å². The molecular formula is C24H31N3O5S. The van der Waals surface area contributed by atoms with Crippen LogP contribution >= 0.6 is 0 Å². The van der Waals surface area contributed by atoms with Crippen LogP contribution in [0.1, 0.15) is 47.6 Å². The number of ether oxygens (including phenoxy) is 2. The maximum absolute atomic E-state index is 13.0. The van der Waals surface area contributed by atoms with Crippen molar-refractivity contribution < 1.29 is 22.7 Å². The van der Waals surface area contributed by atoms with E-state index < -0.39 is 10.0 Å². The molecule has 2 N–H and O–H groups in total. The van der Waals surface area contributed by atoms with Crippen LogP contribution in [-0.4, -0.2) is 59.1 Å². The van der Waals surface area contributed by atoms with Gasteiger partial charge < -0.3 is 14.8 Å². The van der Waals surface area contributed by atoms with Crippen molar-refractivity contribution >= 4 is 15.9 Å². The van der Waals surface area contributed by atoms with Gasteiger partial charge in [-0.3, -0.25) is 9.69 Å². The number of carbonyl (C=O) groups is 1. The number of nitrogens with zero attached hydrogens (tertiary/aromatic N) is 1. The molecule has 2 aliphatic rings. The molecule has 1 saturated heterocycles. The van der Waals surface area contributed by atoms with Gasteiger partial charge in [0, 0.05) is 18.2 Å². The number of rotatable bonds is 10. The van der Waals surface area contributed by atoms with E-state index in [4.69, 9.17) is 9.47 Å². The largest absolute Gasteiger partial charge is 0.497 e. The summed E-state index contributed by atoms with van der Waals surface area (Å²) in [5.41, 5.74) is 1.38. The molecule has 0 radical (unpaired) electrons. The number of hydrogen-bond acceptors (Lipinski definition) is 6. The average molecular weight is 474 g/mol. The zero-order valence-electron chi connectivity index (χ0n) is 19.0. The Morgan fingerprint density at radius 2 is 1.76 bits per heavy atom. The lowest BCUT2D eigenvalue weighted by molar-refractivity contribution is 0.0937. The predicted molar refractivity (Wildman–Crippen MR) is 125 cm³/mol. The molecule has 0 spiro atoms. The average Bonchev–Trinajstić information content (AvgIpc) is 3.46. The minimum Gasteiger partial charge on any atom is -0.497 e. The van der Waals surface area contributed by atoms with Crippen LogP contribution in [0.25, 0.3) is 0 Å². The lowest BCUT2D eigenvalue weighted by atomic mass is 10.0. The number of amides is 1. The summed E-state index contributed by atoms with van der Waals surface area (Å²) < 4.78 is 38.7. The standard InChI is InChI=1S/C24H31N3O5S/c1-31-20-10-5-17(6-11-20)21(27-13-3-4-14-27)16-25-24(28)18-7-12-22(32-2)23(15-18)33(29,30)26-19-8-9-19/h5-7,10-12,15,19,21,26H,3-4,8-9,13-14,16H2,1-2H3,(H,25,28). The highest BCUT2D eigenvalue weighted by Crippen LogP contribution is 2.29. The summed E-state index contributed by atoms with van der Waals surface area (Å²) in [4.78, 5) is 15.4. The van der Waals surface area contributed by atoms with Gasteiger partial charge in [-0.2, -0.15) is 0 Å². The van der Waals surface area contributed by atoms with Gasteiger partial charge >= 0.3 is 0 Å². The second-order valence-electron chi connectivity index (χ2n) is 8.50. The molecule has 1 heterocycles. The Balaban J connectivity index is 1.51. The van der Waals surface area contributed by atoms with E-state index >= 15 is 0 Å². The summed E-state index contributed by atoms with van der Waals surface area (Å²) in [6, 6.07) is 12.4. The topological polar surface area (TPSA) is 97.0 Å². The van der Waals surface area contributed by atoms with Crippen molar-refractivity contribution in [3.8, 4) is 11.5 Å². The van der Waals surface area contributed by atoms with Crippen LogP contribution in [0, 0.1) is 0 Å². The van der Waals surface area contributed by atoms with Gasteiger partial charge in [0.2, 0.25) is 10.0 Å². The third kappa shape index (κ3) is 5.66. The number of sulfonamides is 1. The van der Waals surface area contributed by atoms with Crippen molar-refractivity contribution in [1.29, 1.82) is 0 Å². The van der Waals surface area contributed by atoms with Gasteiger partial charge in [0.15, 0.2) is 0 Å². The molecule has 1 atom stereocenters. The Morgan fingerprint density at radius 1 is 1.06 bits per heavy atom. The summed E-state index contributed by atoms with van der Waals surface area (Å²) in [6.45, 7) is 2.37. The first kappa shape index (κ1) is 23.5.